The Hall–Kier alpha value is -2.86. The number of carbonyl (C=O) groups is 2. The number of hydrogen-bond acceptors (Lipinski definition) is 4. The number of primary amides is 1. The van der Waals surface area contributed by atoms with Gasteiger partial charge in [0.25, 0.3) is 5.91 Å². The first-order chi connectivity index (χ1) is 16.5. The van der Waals surface area contributed by atoms with Crippen LogP contribution in [0.15, 0.2) is 42.5 Å². The van der Waals surface area contributed by atoms with Gasteiger partial charge in [0.05, 0.1) is 7.11 Å². The zero-order chi connectivity index (χ0) is 24.1. The fraction of sp³-hybridized carbons (Fsp3) is 0.500. The average Bonchev–Trinajstić information content (AvgIpc) is 2.87. The maximum Gasteiger partial charge on any atom is 0.253 e. The lowest BCUT2D eigenvalue weighted by Crippen LogP contribution is -2.46. The van der Waals surface area contributed by atoms with Gasteiger partial charge in [-0.05, 0) is 86.4 Å². The fourth-order valence-electron chi connectivity index (χ4n) is 5.60. The molecule has 2 aromatic carbocycles. The third kappa shape index (κ3) is 5.44. The second-order valence-electron chi connectivity index (χ2n) is 9.67. The van der Waals surface area contributed by atoms with E-state index in [1.54, 1.807) is 31.4 Å². The van der Waals surface area contributed by atoms with Crippen LogP contribution in [0.3, 0.4) is 0 Å². The van der Waals surface area contributed by atoms with Gasteiger partial charge in [0.2, 0.25) is 5.91 Å². The van der Waals surface area contributed by atoms with E-state index < -0.39 is 5.91 Å². The topological polar surface area (TPSA) is 75.9 Å². The van der Waals surface area contributed by atoms with Crippen LogP contribution in [-0.4, -0.2) is 60.9 Å². The van der Waals surface area contributed by atoms with E-state index in [0.717, 1.165) is 64.0 Å². The molecule has 0 aromatic heterocycles. The molecule has 2 aliphatic rings. The highest BCUT2D eigenvalue weighted by Crippen LogP contribution is 2.32. The number of rotatable bonds is 8. The molecule has 0 unspecified atom stereocenters. The van der Waals surface area contributed by atoms with Crippen molar-refractivity contribution in [3.05, 3.63) is 64.7 Å². The van der Waals surface area contributed by atoms with Crippen LogP contribution in [-0.2, 0) is 12.8 Å². The van der Waals surface area contributed by atoms with Gasteiger partial charge < -0.3 is 15.4 Å². The molecular weight excluding hydrogens is 426 g/mol. The summed E-state index contributed by atoms with van der Waals surface area (Å²) >= 11 is 0. The van der Waals surface area contributed by atoms with Crippen molar-refractivity contribution in [2.45, 2.75) is 51.5 Å². The number of fused-ring (bicyclic) bond motifs is 1. The summed E-state index contributed by atoms with van der Waals surface area (Å²) in [5.41, 5.74) is 9.10. The smallest absolute Gasteiger partial charge is 0.253 e. The molecule has 1 saturated heterocycles. The van der Waals surface area contributed by atoms with Crippen LogP contribution < -0.4 is 10.5 Å². The van der Waals surface area contributed by atoms with E-state index in [1.165, 1.54) is 17.5 Å². The average molecular weight is 464 g/mol. The Morgan fingerprint density at radius 1 is 1.09 bits per heavy atom. The Kier molecular flexibility index (Phi) is 7.88. The van der Waals surface area contributed by atoms with Gasteiger partial charge in [0.1, 0.15) is 5.75 Å². The summed E-state index contributed by atoms with van der Waals surface area (Å²) in [5.74, 6) is 1.11. The first-order valence-corrected chi connectivity index (χ1v) is 12.6. The quantitative estimate of drug-likeness (QED) is 0.644. The molecule has 1 aliphatic carbocycles. The number of carbonyl (C=O) groups excluding carboxylic acids is 2. The summed E-state index contributed by atoms with van der Waals surface area (Å²) in [4.78, 5) is 29.1. The van der Waals surface area contributed by atoms with Gasteiger partial charge in [-0.3, -0.25) is 14.5 Å². The van der Waals surface area contributed by atoms with Gasteiger partial charge >= 0.3 is 0 Å². The molecule has 1 aliphatic heterocycles. The van der Waals surface area contributed by atoms with Crippen molar-refractivity contribution in [1.82, 2.24) is 9.80 Å². The van der Waals surface area contributed by atoms with Crippen molar-refractivity contribution < 1.29 is 14.3 Å². The minimum absolute atomic E-state index is 0.00945. The monoisotopic (exact) mass is 463 g/mol. The lowest BCUT2D eigenvalue weighted by atomic mass is 9.86. The second kappa shape index (κ2) is 11.0. The number of nitrogens with two attached hydrogens (primary N) is 1. The fourth-order valence-corrected chi connectivity index (χ4v) is 5.60. The lowest BCUT2D eigenvalue weighted by Gasteiger charge is -2.40. The largest absolute Gasteiger partial charge is 0.496 e. The number of nitrogens with zero attached hydrogens (tertiary/aromatic N) is 2. The molecule has 1 heterocycles. The van der Waals surface area contributed by atoms with Crippen molar-refractivity contribution in [2.24, 2.45) is 11.7 Å². The van der Waals surface area contributed by atoms with Crippen molar-refractivity contribution >= 4 is 11.8 Å². The van der Waals surface area contributed by atoms with E-state index in [9.17, 15) is 9.59 Å². The summed E-state index contributed by atoms with van der Waals surface area (Å²) in [6.07, 6.45) is 6.49. The van der Waals surface area contributed by atoms with Crippen molar-refractivity contribution in [2.75, 3.05) is 33.3 Å². The maximum atomic E-state index is 13.0. The normalized spacial score (nSPS) is 18.6. The minimum atomic E-state index is -0.506. The number of piperidine rings is 1. The van der Waals surface area contributed by atoms with E-state index in [-0.39, 0.29) is 5.91 Å². The summed E-state index contributed by atoms with van der Waals surface area (Å²) in [7, 11) is 1.76. The SMILES string of the molecule is CCCN(CC1CCN(C(=O)c2cccc(C(N)=O)c2)CC1)[C@@H]1CCc2c(cccc2OC)C1. The van der Waals surface area contributed by atoms with Crippen molar-refractivity contribution in [1.29, 1.82) is 0 Å². The van der Waals surface area contributed by atoms with Gasteiger partial charge in [-0.15, -0.1) is 0 Å². The molecule has 6 heteroatoms. The predicted octanol–water partition coefficient (Wildman–Crippen LogP) is 3.92. The van der Waals surface area contributed by atoms with Crippen LogP contribution >= 0.6 is 0 Å². The van der Waals surface area contributed by atoms with Crippen LogP contribution in [0.4, 0.5) is 0 Å². The van der Waals surface area contributed by atoms with E-state index >= 15 is 0 Å². The van der Waals surface area contributed by atoms with Crippen LogP contribution in [0.2, 0.25) is 0 Å². The van der Waals surface area contributed by atoms with Crippen LogP contribution in [0.25, 0.3) is 0 Å². The molecule has 34 heavy (non-hydrogen) atoms. The van der Waals surface area contributed by atoms with E-state index in [0.29, 0.717) is 23.1 Å². The van der Waals surface area contributed by atoms with Crippen LogP contribution in [0, 0.1) is 5.92 Å². The molecule has 2 N–H and O–H groups in total. The number of benzene rings is 2. The molecule has 182 valence electrons. The Labute approximate surface area is 203 Å². The van der Waals surface area contributed by atoms with Crippen molar-refractivity contribution in [3.63, 3.8) is 0 Å². The summed E-state index contributed by atoms with van der Waals surface area (Å²) in [6.45, 7) is 5.98. The van der Waals surface area contributed by atoms with E-state index in [1.807, 2.05) is 4.90 Å². The minimum Gasteiger partial charge on any atom is -0.496 e. The molecular formula is C28H37N3O3. The third-order valence-electron chi connectivity index (χ3n) is 7.45. The highest BCUT2D eigenvalue weighted by Gasteiger charge is 2.30. The Morgan fingerprint density at radius 3 is 2.53 bits per heavy atom. The number of methoxy groups -OCH3 is 1. The number of amides is 2. The second-order valence-corrected chi connectivity index (χ2v) is 9.67. The van der Waals surface area contributed by atoms with Crippen LogP contribution in [0.5, 0.6) is 5.75 Å². The van der Waals surface area contributed by atoms with Gasteiger partial charge in [-0.1, -0.05) is 25.1 Å². The zero-order valence-corrected chi connectivity index (χ0v) is 20.5. The molecule has 2 aromatic rings. The third-order valence-corrected chi connectivity index (χ3v) is 7.45. The van der Waals surface area contributed by atoms with E-state index in [2.05, 4.69) is 30.0 Å². The van der Waals surface area contributed by atoms with Gasteiger partial charge in [-0.2, -0.15) is 0 Å². The number of ether oxygens (including phenoxy) is 1. The molecule has 0 bridgehead atoms. The molecule has 2 amide bonds. The summed E-state index contributed by atoms with van der Waals surface area (Å²) in [5, 5.41) is 0. The summed E-state index contributed by atoms with van der Waals surface area (Å²) in [6, 6.07) is 13.7. The standard InChI is InChI=1S/C28H37N3O3/c1-3-14-31(24-10-11-25-21(18-24)6-5-9-26(25)34-2)19-20-12-15-30(16-13-20)28(33)23-8-4-7-22(17-23)27(29)32/h4-9,17,20,24H,3,10-16,18-19H2,1-2H3,(H2,29,32)/t24-/m1/s1. The molecule has 6 nitrogen and oxygen atoms in total. The molecule has 0 saturated carbocycles. The Bertz CT molecular complexity index is 1010. The van der Waals surface area contributed by atoms with Gasteiger partial charge in [-0.25, -0.2) is 0 Å². The molecule has 4 rings (SSSR count). The maximum absolute atomic E-state index is 13.0. The highest BCUT2D eigenvalue weighted by atomic mass is 16.5. The Morgan fingerprint density at radius 2 is 1.82 bits per heavy atom. The number of likely N-dealkylation sites (tertiary alicyclic amines) is 1. The molecule has 1 atom stereocenters. The molecule has 1 fully saturated rings. The van der Waals surface area contributed by atoms with Gasteiger partial charge in [0.15, 0.2) is 0 Å². The van der Waals surface area contributed by atoms with Crippen molar-refractivity contribution in [3.8, 4) is 5.75 Å². The number of hydrogen-bond donors (Lipinski definition) is 1. The first kappa shape index (κ1) is 24.3. The van der Waals surface area contributed by atoms with E-state index in [4.69, 9.17) is 10.5 Å². The molecule has 0 spiro atoms. The zero-order valence-electron chi connectivity index (χ0n) is 20.5. The first-order valence-electron chi connectivity index (χ1n) is 12.6. The van der Waals surface area contributed by atoms with Gasteiger partial charge in [0, 0.05) is 36.8 Å². The summed E-state index contributed by atoms with van der Waals surface area (Å²) < 4.78 is 5.59. The Balaban J connectivity index is 1.35. The highest BCUT2D eigenvalue weighted by molar-refractivity contribution is 5.99. The lowest BCUT2D eigenvalue weighted by molar-refractivity contribution is 0.0642. The predicted molar refractivity (Wildman–Crippen MR) is 134 cm³/mol. The van der Waals surface area contributed by atoms with Crippen LogP contribution in [0.1, 0.15) is 64.4 Å². The molecule has 0 radical (unpaired) electrons.